The number of carbonyl (C=O) groups excluding carboxylic acids is 3. The van der Waals surface area contributed by atoms with Crippen molar-refractivity contribution in [3.63, 3.8) is 0 Å². The third-order valence-electron chi connectivity index (χ3n) is 2.45. The second-order valence-corrected chi connectivity index (χ2v) is 4.15. The fourth-order valence-electron chi connectivity index (χ4n) is 1.57. The van der Waals surface area contributed by atoms with E-state index in [9.17, 15) is 23.2 Å². The number of hydrogen-bond acceptors (Lipinski definition) is 6. The van der Waals surface area contributed by atoms with Crippen LogP contribution in [0.2, 0.25) is 0 Å². The molecule has 1 unspecified atom stereocenters. The Hall–Kier alpha value is -1.83. The van der Waals surface area contributed by atoms with Gasteiger partial charge in [-0.25, -0.2) is 0 Å². The Morgan fingerprint density at radius 1 is 1.30 bits per heavy atom. The molecule has 20 heavy (non-hydrogen) atoms. The first-order valence-corrected chi connectivity index (χ1v) is 5.74. The van der Waals surface area contributed by atoms with Crippen molar-refractivity contribution in [2.75, 3.05) is 6.61 Å². The largest absolute Gasteiger partial charge is 0.463 e. The zero-order chi connectivity index (χ0) is 15.3. The highest BCUT2D eigenvalue weighted by Crippen LogP contribution is 2.27. The summed E-state index contributed by atoms with van der Waals surface area (Å²) >= 11 is 0. The van der Waals surface area contributed by atoms with Crippen molar-refractivity contribution in [3.8, 4) is 0 Å². The first-order chi connectivity index (χ1) is 9.26. The van der Waals surface area contributed by atoms with Gasteiger partial charge in [0, 0.05) is 13.8 Å². The van der Waals surface area contributed by atoms with Crippen LogP contribution in [0.15, 0.2) is 12.2 Å². The summed E-state index contributed by atoms with van der Waals surface area (Å²) in [5.41, 5.74) is 0. The fourth-order valence-corrected chi connectivity index (χ4v) is 1.57. The SMILES string of the molecule is CC(=O)OC[C@H]1OC(C(F)(F)C=O)C=C[C@@H]1OC(C)=O. The van der Waals surface area contributed by atoms with E-state index >= 15 is 0 Å². The lowest BCUT2D eigenvalue weighted by atomic mass is 10.1. The summed E-state index contributed by atoms with van der Waals surface area (Å²) in [4.78, 5) is 32.0. The van der Waals surface area contributed by atoms with Gasteiger partial charge in [0.15, 0.2) is 6.29 Å². The maximum Gasteiger partial charge on any atom is 0.331 e. The summed E-state index contributed by atoms with van der Waals surface area (Å²) in [7, 11) is 0. The molecule has 0 aromatic heterocycles. The van der Waals surface area contributed by atoms with E-state index in [0.29, 0.717) is 0 Å². The minimum absolute atomic E-state index is 0.372. The van der Waals surface area contributed by atoms with Crippen LogP contribution in [-0.2, 0) is 28.6 Å². The number of rotatable bonds is 5. The molecule has 1 aliphatic heterocycles. The third kappa shape index (κ3) is 4.37. The van der Waals surface area contributed by atoms with Gasteiger partial charge in [-0.3, -0.25) is 14.4 Å². The molecule has 0 aliphatic carbocycles. The van der Waals surface area contributed by atoms with Crippen molar-refractivity contribution < 1.29 is 37.4 Å². The average molecular weight is 292 g/mol. The molecule has 8 heteroatoms. The second kappa shape index (κ2) is 6.56. The number of ether oxygens (including phenoxy) is 3. The van der Waals surface area contributed by atoms with Gasteiger partial charge in [0.2, 0.25) is 0 Å². The van der Waals surface area contributed by atoms with Gasteiger partial charge in [-0.15, -0.1) is 0 Å². The summed E-state index contributed by atoms with van der Waals surface area (Å²) in [6, 6.07) is 0. The second-order valence-electron chi connectivity index (χ2n) is 4.15. The Morgan fingerprint density at radius 3 is 2.45 bits per heavy atom. The van der Waals surface area contributed by atoms with Gasteiger partial charge in [-0.05, 0) is 12.2 Å². The minimum Gasteiger partial charge on any atom is -0.463 e. The molecule has 0 aromatic carbocycles. The van der Waals surface area contributed by atoms with E-state index in [0.717, 1.165) is 19.9 Å². The Balaban J connectivity index is 2.84. The number of carbonyl (C=O) groups is 3. The van der Waals surface area contributed by atoms with Crippen molar-refractivity contribution >= 4 is 18.2 Å². The Labute approximate surface area is 113 Å². The summed E-state index contributed by atoms with van der Waals surface area (Å²) in [6.07, 6.45) is -2.29. The van der Waals surface area contributed by atoms with Gasteiger partial charge in [-0.1, -0.05) is 0 Å². The predicted octanol–water partition coefficient (Wildman–Crippen LogP) is 0.639. The van der Waals surface area contributed by atoms with E-state index in [4.69, 9.17) is 9.47 Å². The number of esters is 2. The molecule has 3 atom stereocenters. The summed E-state index contributed by atoms with van der Waals surface area (Å²) in [5, 5.41) is 0. The summed E-state index contributed by atoms with van der Waals surface area (Å²) < 4.78 is 41.0. The average Bonchev–Trinajstić information content (AvgIpc) is 2.36. The highest BCUT2D eigenvalue weighted by atomic mass is 19.3. The lowest BCUT2D eigenvalue weighted by Crippen LogP contribution is -2.47. The van der Waals surface area contributed by atoms with Gasteiger partial charge >= 0.3 is 17.9 Å². The van der Waals surface area contributed by atoms with E-state index < -0.39 is 42.5 Å². The van der Waals surface area contributed by atoms with Crippen LogP contribution in [0.4, 0.5) is 8.78 Å². The quantitative estimate of drug-likeness (QED) is 0.420. The van der Waals surface area contributed by atoms with Crippen molar-refractivity contribution in [1.82, 2.24) is 0 Å². The molecule has 0 spiro atoms. The molecule has 0 bridgehead atoms. The summed E-state index contributed by atoms with van der Waals surface area (Å²) in [6.45, 7) is 1.91. The number of halogens is 2. The molecule has 1 aliphatic rings. The maximum absolute atomic E-state index is 13.2. The van der Waals surface area contributed by atoms with E-state index in [1.807, 2.05) is 0 Å². The molecule has 6 nitrogen and oxygen atoms in total. The van der Waals surface area contributed by atoms with Crippen molar-refractivity contribution in [3.05, 3.63) is 12.2 Å². The lowest BCUT2D eigenvalue weighted by Gasteiger charge is -2.33. The zero-order valence-corrected chi connectivity index (χ0v) is 10.9. The van der Waals surface area contributed by atoms with Crippen LogP contribution < -0.4 is 0 Å². The van der Waals surface area contributed by atoms with Crippen LogP contribution in [0.5, 0.6) is 0 Å². The molecular weight excluding hydrogens is 278 g/mol. The smallest absolute Gasteiger partial charge is 0.331 e. The topological polar surface area (TPSA) is 78.9 Å². The Kier molecular flexibility index (Phi) is 5.32. The lowest BCUT2D eigenvalue weighted by molar-refractivity contribution is -0.186. The van der Waals surface area contributed by atoms with Crippen LogP contribution in [0.25, 0.3) is 0 Å². The number of alkyl halides is 2. The molecule has 0 radical (unpaired) electrons. The van der Waals surface area contributed by atoms with Crippen molar-refractivity contribution in [1.29, 1.82) is 0 Å². The standard InChI is InChI=1S/C12H14F2O6/c1-7(16)18-5-10-9(19-8(2)17)3-4-11(20-10)12(13,14)6-15/h3-4,6,9-11H,5H2,1-2H3/t9-,10+,11?/m0/s1. The molecule has 0 amide bonds. The number of hydrogen-bond donors (Lipinski definition) is 0. The van der Waals surface area contributed by atoms with Crippen LogP contribution in [-0.4, -0.2) is 49.1 Å². The van der Waals surface area contributed by atoms with E-state index in [2.05, 4.69) is 4.74 Å². The molecule has 112 valence electrons. The van der Waals surface area contributed by atoms with E-state index in [1.54, 1.807) is 0 Å². The summed E-state index contributed by atoms with van der Waals surface area (Å²) in [5.74, 6) is -4.99. The Morgan fingerprint density at radius 2 is 1.95 bits per heavy atom. The first-order valence-electron chi connectivity index (χ1n) is 5.74. The van der Waals surface area contributed by atoms with Gasteiger partial charge in [0.05, 0.1) is 0 Å². The highest BCUT2D eigenvalue weighted by molar-refractivity contribution is 5.67. The fraction of sp³-hybridized carbons (Fsp3) is 0.583. The molecule has 1 rings (SSSR count). The molecule has 0 N–H and O–H groups in total. The monoisotopic (exact) mass is 292 g/mol. The van der Waals surface area contributed by atoms with Crippen LogP contribution in [0, 0.1) is 0 Å². The van der Waals surface area contributed by atoms with Crippen LogP contribution in [0.3, 0.4) is 0 Å². The van der Waals surface area contributed by atoms with Gasteiger partial charge in [-0.2, -0.15) is 8.78 Å². The molecule has 1 heterocycles. The highest BCUT2D eigenvalue weighted by Gasteiger charge is 2.44. The molecule has 0 fully saturated rings. The first kappa shape index (κ1) is 16.2. The molecule has 0 saturated heterocycles. The van der Waals surface area contributed by atoms with Crippen molar-refractivity contribution in [2.45, 2.75) is 38.1 Å². The molecular formula is C12H14F2O6. The minimum atomic E-state index is -3.72. The predicted molar refractivity (Wildman–Crippen MR) is 61.0 cm³/mol. The third-order valence-corrected chi connectivity index (χ3v) is 2.45. The zero-order valence-electron chi connectivity index (χ0n) is 10.9. The van der Waals surface area contributed by atoms with Crippen LogP contribution in [0.1, 0.15) is 13.8 Å². The van der Waals surface area contributed by atoms with Crippen LogP contribution >= 0.6 is 0 Å². The molecule has 0 saturated carbocycles. The molecule has 0 aromatic rings. The number of aldehydes is 1. The Bertz CT molecular complexity index is 420. The van der Waals surface area contributed by atoms with Gasteiger partial charge in [0.25, 0.3) is 0 Å². The maximum atomic E-state index is 13.2. The van der Waals surface area contributed by atoms with E-state index in [-0.39, 0.29) is 6.61 Å². The van der Waals surface area contributed by atoms with Gasteiger partial charge in [0.1, 0.15) is 24.9 Å². The van der Waals surface area contributed by atoms with Gasteiger partial charge < -0.3 is 14.2 Å². The normalized spacial score (nSPS) is 25.9. The van der Waals surface area contributed by atoms with Crippen molar-refractivity contribution in [2.24, 2.45) is 0 Å². The van der Waals surface area contributed by atoms with E-state index in [1.165, 1.54) is 6.08 Å².